The second-order valence-corrected chi connectivity index (χ2v) is 6.51. The smallest absolute Gasteiger partial charge is 0.191 e. The van der Waals surface area contributed by atoms with Crippen molar-refractivity contribution in [3.8, 4) is 0 Å². The lowest BCUT2D eigenvalue weighted by atomic mass is 10.1. The minimum Gasteiger partial charge on any atom is -0.380 e. The van der Waals surface area contributed by atoms with Crippen molar-refractivity contribution in [1.29, 1.82) is 0 Å². The monoisotopic (exact) mass is 499 g/mol. The van der Waals surface area contributed by atoms with E-state index in [9.17, 15) is 4.39 Å². The lowest BCUT2D eigenvalue weighted by molar-refractivity contribution is 0.184. The van der Waals surface area contributed by atoms with E-state index in [0.29, 0.717) is 25.5 Å². The number of aromatic nitrogens is 1. The fourth-order valence-electron chi connectivity index (χ4n) is 3.27. The van der Waals surface area contributed by atoms with Crippen LogP contribution in [0.2, 0.25) is 0 Å². The van der Waals surface area contributed by atoms with Crippen molar-refractivity contribution in [2.24, 2.45) is 4.99 Å². The molecule has 28 heavy (non-hydrogen) atoms. The SMILES string of the molecule is CN=C(NCc1ccccc1COC)NC1CCN(c2ncccc2F)C1.I. The molecule has 0 amide bonds. The van der Waals surface area contributed by atoms with Crippen LogP contribution in [-0.2, 0) is 17.9 Å². The average molecular weight is 499 g/mol. The number of anilines is 1. The standard InChI is InChI=1S/C20H26FN5O.HI/c1-22-20(24-12-15-6-3-4-7-16(15)14-27-2)25-17-9-11-26(13-17)19-18(21)8-5-10-23-19;/h3-8,10,17H,9,11-14H2,1-2H3,(H2,22,24,25);1H. The maximum Gasteiger partial charge on any atom is 0.191 e. The molecular formula is C20H27FIN5O. The van der Waals surface area contributed by atoms with E-state index in [-0.39, 0.29) is 35.8 Å². The molecule has 2 aromatic rings. The molecular weight excluding hydrogens is 472 g/mol. The van der Waals surface area contributed by atoms with Crippen molar-refractivity contribution in [3.63, 3.8) is 0 Å². The first-order valence-corrected chi connectivity index (χ1v) is 9.09. The third-order valence-electron chi connectivity index (χ3n) is 4.66. The Morgan fingerprint density at radius 2 is 2.07 bits per heavy atom. The Bertz CT molecular complexity index is 789. The van der Waals surface area contributed by atoms with Gasteiger partial charge in [-0.25, -0.2) is 9.37 Å². The number of nitrogens with zero attached hydrogens (tertiary/aromatic N) is 3. The molecule has 1 saturated heterocycles. The molecule has 2 heterocycles. The van der Waals surface area contributed by atoms with Gasteiger partial charge in [-0.15, -0.1) is 24.0 Å². The highest BCUT2D eigenvalue weighted by molar-refractivity contribution is 14.0. The topological polar surface area (TPSA) is 61.8 Å². The molecule has 1 unspecified atom stereocenters. The van der Waals surface area contributed by atoms with Crippen LogP contribution in [0.3, 0.4) is 0 Å². The summed E-state index contributed by atoms with van der Waals surface area (Å²) in [5.74, 6) is 0.865. The molecule has 152 valence electrons. The first-order valence-electron chi connectivity index (χ1n) is 9.09. The summed E-state index contributed by atoms with van der Waals surface area (Å²) in [6, 6.07) is 11.4. The van der Waals surface area contributed by atoms with Gasteiger partial charge in [0.05, 0.1) is 6.61 Å². The average Bonchev–Trinajstić information content (AvgIpc) is 3.15. The summed E-state index contributed by atoms with van der Waals surface area (Å²) in [6.07, 6.45) is 2.52. The number of methoxy groups -OCH3 is 1. The zero-order valence-corrected chi connectivity index (χ0v) is 18.5. The molecule has 8 heteroatoms. The molecule has 1 atom stereocenters. The fraction of sp³-hybridized carbons (Fsp3) is 0.400. The number of nitrogens with one attached hydrogen (secondary N) is 2. The van der Waals surface area contributed by atoms with Gasteiger partial charge in [0, 0.05) is 46.0 Å². The van der Waals surface area contributed by atoms with E-state index in [1.807, 2.05) is 17.0 Å². The molecule has 1 fully saturated rings. The molecule has 0 bridgehead atoms. The number of pyridine rings is 1. The minimum atomic E-state index is -0.282. The maximum atomic E-state index is 13.9. The van der Waals surface area contributed by atoms with Crippen molar-refractivity contribution in [2.75, 3.05) is 32.1 Å². The largest absolute Gasteiger partial charge is 0.380 e. The summed E-state index contributed by atoms with van der Waals surface area (Å²) in [5.41, 5.74) is 2.33. The van der Waals surface area contributed by atoms with E-state index in [1.165, 1.54) is 11.6 Å². The number of guanidine groups is 1. The van der Waals surface area contributed by atoms with Crippen LogP contribution in [0.5, 0.6) is 0 Å². The first kappa shape index (κ1) is 22.4. The number of hydrogen-bond donors (Lipinski definition) is 2. The molecule has 1 aliphatic heterocycles. The van der Waals surface area contributed by atoms with Crippen LogP contribution in [0.4, 0.5) is 10.2 Å². The van der Waals surface area contributed by atoms with E-state index in [0.717, 1.165) is 24.5 Å². The number of ether oxygens (including phenoxy) is 1. The van der Waals surface area contributed by atoms with E-state index in [1.54, 1.807) is 26.4 Å². The lowest BCUT2D eigenvalue weighted by Crippen LogP contribution is -2.44. The number of aliphatic imine (C=N–C) groups is 1. The van der Waals surface area contributed by atoms with Crippen LogP contribution in [-0.4, -0.2) is 44.2 Å². The lowest BCUT2D eigenvalue weighted by Gasteiger charge is -2.20. The van der Waals surface area contributed by atoms with E-state index in [4.69, 9.17) is 4.74 Å². The van der Waals surface area contributed by atoms with Crippen molar-refractivity contribution >= 4 is 35.8 Å². The summed E-state index contributed by atoms with van der Waals surface area (Å²) in [7, 11) is 3.45. The van der Waals surface area contributed by atoms with Crippen molar-refractivity contribution in [1.82, 2.24) is 15.6 Å². The van der Waals surface area contributed by atoms with Crippen LogP contribution in [0, 0.1) is 5.82 Å². The Morgan fingerprint density at radius 1 is 1.29 bits per heavy atom. The zero-order chi connectivity index (χ0) is 19.1. The van der Waals surface area contributed by atoms with E-state index >= 15 is 0 Å². The highest BCUT2D eigenvalue weighted by atomic mass is 127. The second-order valence-electron chi connectivity index (χ2n) is 6.51. The fourth-order valence-corrected chi connectivity index (χ4v) is 3.27. The van der Waals surface area contributed by atoms with Gasteiger partial charge < -0.3 is 20.3 Å². The quantitative estimate of drug-likeness (QED) is 0.364. The van der Waals surface area contributed by atoms with Gasteiger partial charge in [-0.2, -0.15) is 0 Å². The number of halogens is 2. The van der Waals surface area contributed by atoms with Gasteiger partial charge in [0.15, 0.2) is 17.6 Å². The Labute approximate surface area is 182 Å². The maximum absolute atomic E-state index is 13.9. The second kappa shape index (κ2) is 11.2. The summed E-state index contributed by atoms with van der Waals surface area (Å²) in [5, 5.41) is 6.77. The summed E-state index contributed by atoms with van der Waals surface area (Å²) in [4.78, 5) is 10.4. The predicted octanol–water partition coefficient (Wildman–Crippen LogP) is 2.93. The highest BCUT2D eigenvalue weighted by Gasteiger charge is 2.25. The predicted molar refractivity (Wildman–Crippen MR) is 121 cm³/mol. The Balaban J connectivity index is 0.00000280. The summed E-state index contributed by atoms with van der Waals surface area (Å²) in [6.45, 7) is 2.69. The number of hydrogen-bond acceptors (Lipinski definition) is 4. The van der Waals surface area contributed by atoms with Crippen LogP contribution < -0.4 is 15.5 Å². The van der Waals surface area contributed by atoms with Crippen LogP contribution in [0.15, 0.2) is 47.6 Å². The highest BCUT2D eigenvalue weighted by Crippen LogP contribution is 2.20. The molecule has 0 aliphatic carbocycles. The van der Waals surface area contributed by atoms with Crippen LogP contribution in [0.25, 0.3) is 0 Å². The molecule has 0 spiro atoms. The van der Waals surface area contributed by atoms with Gasteiger partial charge >= 0.3 is 0 Å². The Hall–Kier alpha value is -1.94. The third kappa shape index (κ3) is 5.78. The zero-order valence-electron chi connectivity index (χ0n) is 16.2. The van der Waals surface area contributed by atoms with Crippen molar-refractivity contribution in [2.45, 2.75) is 25.6 Å². The van der Waals surface area contributed by atoms with Crippen molar-refractivity contribution in [3.05, 3.63) is 59.5 Å². The van der Waals surface area contributed by atoms with Gasteiger partial charge in [0.25, 0.3) is 0 Å². The van der Waals surface area contributed by atoms with Gasteiger partial charge in [-0.3, -0.25) is 4.99 Å². The minimum absolute atomic E-state index is 0. The van der Waals surface area contributed by atoms with Gasteiger partial charge in [0.2, 0.25) is 0 Å². The Kier molecular flexibility index (Phi) is 8.91. The molecule has 6 nitrogen and oxygen atoms in total. The summed E-state index contributed by atoms with van der Waals surface area (Å²) < 4.78 is 19.2. The first-order chi connectivity index (χ1) is 13.2. The number of benzene rings is 1. The molecule has 1 aliphatic rings. The normalized spacial score (nSPS) is 16.6. The molecule has 1 aromatic heterocycles. The number of rotatable bonds is 6. The molecule has 0 saturated carbocycles. The Morgan fingerprint density at radius 3 is 2.79 bits per heavy atom. The molecule has 1 aromatic carbocycles. The summed E-state index contributed by atoms with van der Waals surface area (Å²) >= 11 is 0. The van der Waals surface area contributed by atoms with Crippen LogP contribution >= 0.6 is 24.0 Å². The van der Waals surface area contributed by atoms with E-state index in [2.05, 4.69) is 32.7 Å². The molecule has 3 rings (SSSR count). The molecule has 0 radical (unpaired) electrons. The van der Waals surface area contributed by atoms with Crippen molar-refractivity contribution < 1.29 is 9.13 Å². The molecule has 2 N–H and O–H groups in total. The van der Waals surface area contributed by atoms with Crippen LogP contribution in [0.1, 0.15) is 17.5 Å². The van der Waals surface area contributed by atoms with Gasteiger partial charge in [0.1, 0.15) is 0 Å². The van der Waals surface area contributed by atoms with Gasteiger partial charge in [-0.1, -0.05) is 24.3 Å². The van der Waals surface area contributed by atoms with E-state index < -0.39 is 0 Å². The van der Waals surface area contributed by atoms with Gasteiger partial charge in [-0.05, 0) is 29.7 Å². The third-order valence-corrected chi connectivity index (χ3v) is 4.66.